The monoisotopic (exact) mass is 386 g/mol. The van der Waals surface area contributed by atoms with Gasteiger partial charge in [0.05, 0.1) is 6.42 Å². The summed E-state index contributed by atoms with van der Waals surface area (Å²) in [4.78, 5) is 26.5. The van der Waals surface area contributed by atoms with Gasteiger partial charge in [-0.05, 0) is 44.7 Å². The van der Waals surface area contributed by atoms with E-state index in [9.17, 15) is 9.59 Å². The van der Waals surface area contributed by atoms with Gasteiger partial charge in [-0.15, -0.1) is 0 Å². The second kappa shape index (κ2) is 9.34. The first-order valence-corrected chi connectivity index (χ1v) is 9.58. The van der Waals surface area contributed by atoms with E-state index in [1.54, 1.807) is 13.8 Å². The molecule has 0 radical (unpaired) electrons. The van der Waals surface area contributed by atoms with Gasteiger partial charge in [0.15, 0.2) is 6.10 Å². The van der Waals surface area contributed by atoms with E-state index in [0.717, 1.165) is 12.8 Å². The van der Waals surface area contributed by atoms with Crippen LogP contribution in [0.25, 0.3) is 0 Å². The van der Waals surface area contributed by atoms with Gasteiger partial charge < -0.3 is 15.0 Å². The van der Waals surface area contributed by atoms with Gasteiger partial charge >= 0.3 is 0 Å². The zero-order valence-corrected chi connectivity index (χ0v) is 16.3. The molecule has 1 atom stereocenters. The topological polar surface area (TPSA) is 97.6 Å². The standard InChI is InChI=1S/C20H26N4O4/c1-14-18(23-28-22-14)12-19(25)24-10-8-16(9-11-24)13-21-20(26)15(2)27-17-6-4-3-5-7-17/h3-7,15-16H,8-13H2,1-2H3,(H,21,26). The number of amides is 2. The number of ether oxygens (including phenoxy) is 1. The summed E-state index contributed by atoms with van der Waals surface area (Å²) in [7, 11) is 0. The molecule has 3 rings (SSSR count). The average Bonchev–Trinajstić information content (AvgIpc) is 3.11. The predicted octanol–water partition coefficient (Wildman–Crippen LogP) is 1.74. The van der Waals surface area contributed by atoms with Crippen LogP contribution in [0.1, 0.15) is 31.2 Å². The van der Waals surface area contributed by atoms with E-state index in [1.165, 1.54) is 0 Å². The Balaban J connectivity index is 1.37. The highest BCUT2D eigenvalue weighted by Gasteiger charge is 2.25. The summed E-state index contributed by atoms with van der Waals surface area (Å²) < 4.78 is 10.3. The molecule has 1 aliphatic rings. The number of nitrogens with one attached hydrogen (secondary N) is 1. The zero-order valence-electron chi connectivity index (χ0n) is 16.3. The maximum Gasteiger partial charge on any atom is 0.260 e. The summed E-state index contributed by atoms with van der Waals surface area (Å²) in [6.45, 7) is 5.47. The molecule has 1 aromatic heterocycles. The number of para-hydroxylation sites is 1. The fourth-order valence-corrected chi connectivity index (χ4v) is 3.20. The molecule has 8 nitrogen and oxygen atoms in total. The number of hydrogen-bond acceptors (Lipinski definition) is 6. The van der Waals surface area contributed by atoms with E-state index >= 15 is 0 Å². The Bertz CT molecular complexity index is 785. The van der Waals surface area contributed by atoms with Gasteiger partial charge in [0.25, 0.3) is 5.91 Å². The van der Waals surface area contributed by atoms with Crippen molar-refractivity contribution < 1.29 is 19.0 Å². The Kier molecular flexibility index (Phi) is 6.62. The summed E-state index contributed by atoms with van der Waals surface area (Å²) in [6.07, 6.45) is 1.38. The summed E-state index contributed by atoms with van der Waals surface area (Å²) in [6, 6.07) is 9.30. The summed E-state index contributed by atoms with van der Waals surface area (Å²) in [5.74, 6) is 0.935. The number of rotatable bonds is 7. The van der Waals surface area contributed by atoms with Crippen molar-refractivity contribution in [2.24, 2.45) is 5.92 Å². The first-order valence-electron chi connectivity index (χ1n) is 9.58. The van der Waals surface area contributed by atoms with E-state index in [1.807, 2.05) is 35.2 Å². The van der Waals surface area contributed by atoms with Gasteiger partial charge in [0.2, 0.25) is 5.91 Å². The molecule has 150 valence electrons. The lowest BCUT2D eigenvalue weighted by Crippen LogP contribution is -2.44. The number of aryl methyl sites for hydroxylation is 1. The van der Waals surface area contributed by atoms with Gasteiger partial charge in [-0.2, -0.15) is 0 Å². The number of hydrogen-bond donors (Lipinski definition) is 1. The fourth-order valence-electron chi connectivity index (χ4n) is 3.20. The van der Waals surface area contributed by atoms with E-state index in [4.69, 9.17) is 4.74 Å². The van der Waals surface area contributed by atoms with Crippen LogP contribution in [0.2, 0.25) is 0 Å². The van der Waals surface area contributed by atoms with Crippen molar-refractivity contribution in [3.63, 3.8) is 0 Å². The van der Waals surface area contributed by atoms with Crippen molar-refractivity contribution in [2.45, 2.75) is 39.2 Å². The molecule has 28 heavy (non-hydrogen) atoms. The maximum absolute atomic E-state index is 12.4. The highest BCUT2D eigenvalue weighted by Crippen LogP contribution is 2.18. The third kappa shape index (κ3) is 5.31. The van der Waals surface area contributed by atoms with Crippen molar-refractivity contribution in [3.8, 4) is 5.75 Å². The van der Waals surface area contributed by atoms with Crippen LogP contribution in [0.5, 0.6) is 5.75 Å². The summed E-state index contributed by atoms with van der Waals surface area (Å²) in [5.41, 5.74) is 1.24. The van der Waals surface area contributed by atoms with Gasteiger partial charge in [0.1, 0.15) is 17.1 Å². The molecule has 8 heteroatoms. The Morgan fingerprint density at radius 2 is 1.96 bits per heavy atom. The van der Waals surface area contributed by atoms with Crippen LogP contribution in [-0.4, -0.2) is 52.8 Å². The minimum atomic E-state index is -0.552. The average molecular weight is 386 g/mol. The minimum Gasteiger partial charge on any atom is -0.481 e. The second-order valence-electron chi connectivity index (χ2n) is 7.12. The lowest BCUT2D eigenvalue weighted by molar-refractivity contribution is -0.132. The molecule has 2 heterocycles. The second-order valence-corrected chi connectivity index (χ2v) is 7.12. The number of likely N-dealkylation sites (tertiary alicyclic amines) is 1. The van der Waals surface area contributed by atoms with Crippen molar-refractivity contribution in [3.05, 3.63) is 41.7 Å². The van der Waals surface area contributed by atoms with Gasteiger partial charge in [-0.1, -0.05) is 28.5 Å². The van der Waals surface area contributed by atoms with Crippen LogP contribution in [0.15, 0.2) is 35.0 Å². The van der Waals surface area contributed by atoms with E-state index in [-0.39, 0.29) is 18.2 Å². The molecule has 2 aromatic rings. The summed E-state index contributed by atoms with van der Waals surface area (Å²) in [5, 5.41) is 10.4. The first kappa shape index (κ1) is 19.9. The van der Waals surface area contributed by atoms with Crippen molar-refractivity contribution in [1.29, 1.82) is 0 Å². The predicted molar refractivity (Wildman–Crippen MR) is 102 cm³/mol. The molecule has 1 N–H and O–H groups in total. The number of piperidine rings is 1. The fraction of sp³-hybridized carbons (Fsp3) is 0.500. The Morgan fingerprint density at radius 3 is 2.61 bits per heavy atom. The largest absolute Gasteiger partial charge is 0.481 e. The van der Waals surface area contributed by atoms with Crippen LogP contribution in [0.3, 0.4) is 0 Å². The zero-order chi connectivity index (χ0) is 19.9. The van der Waals surface area contributed by atoms with Crippen molar-refractivity contribution >= 4 is 11.8 Å². The summed E-state index contributed by atoms with van der Waals surface area (Å²) >= 11 is 0. The molecule has 0 bridgehead atoms. The maximum atomic E-state index is 12.4. The molecular weight excluding hydrogens is 360 g/mol. The number of carbonyl (C=O) groups is 2. The highest BCUT2D eigenvalue weighted by atomic mass is 16.6. The van der Waals surface area contributed by atoms with E-state index in [0.29, 0.717) is 42.7 Å². The number of benzene rings is 1. The van der Waals surface area contributed by atoms with Crippen LogP contribution in [0.4, 0.5) is 0 Å². The highest BCUT2D eigenvalue weighted by molar-refractivity contribution is 5.80. The smallest absolute Gasteiger partial charge is 0.260 e. The van der Waals surface area contributed by atoms with E-state index in [2.05, 4.69) is 20.3 Å². The van der Waals surface area contributed by atoms with Gasteiger partial charge in [0, 0.05) is 19.6 Å². The normalized spacial score (nSPS) is 15.9. The third-order valence-corrected chi connectivity index (χ3v) is 5.02. The Hall–Kier alpha value is -2.90. The van der Waals surface area contributed by atoms with Crippen molar-refractivity contribution in [2.75, 3.05) is 19.6 Å². The molecule has 1 aromatic carbocycles. The molecule has 1 saturated heterocycles. The van der Waals surface area contributed by atoms with Crippen LogP contribution >= 0.6 is 0 Å². The number of aromatic nitrogens is 2. The van der Waals surface area contributed by atoms with Gasteiger partial charge in [-0.3, -0.25) is 9.59 Å². The first-order chi connectivity index (χ1) is 13.5. The Labute approximate surface area is 164 Å². The molecule has 0 saturated carbocycles. The molecule has 1 aliphatic heterocycles. The minimum absolute atomic E-state index is 0.0335. The Morgan fingerprint density at radius 1 is 1.25 bits per heavy atom. The van der Waals surface area contributed by atoms with Crippen LogP contribution in [-0.2, 0) is 16.0 Å². The van der Waals surface area contributed by atoms with E-state index < -0.39 is 6.10 Å². The molecule has 1 fully saturated rings. The van der Waals surface area contributed by atoms with Crippen molar-refractivity contribution in [1.82, 2.24) is 20.5 Å². The number of carbonyl (C=O) groups excluding carboxylic acids is 2. The third-order valence-electron chi connectivity index (χ3n) is 5.02. The van der Waals surface area contributed by atoms with Gasteiger partial charge in [-0.25, -0.2) is 4.63 Å². The lowest BCUT2D eigenvalue weighted by atomic mass is 9.96. The SMILES string of the molecule is Cc1nonc1CC(=O)N1CCC(CNC(=O)C(C)Oc2ccccc2)CC1. The van der Waals surface area contributed by atoms with Crippen LogP contribution < -0.4 is 10.1 Å². The molecular formula is C20H26N4O4. The molecule has 2 amide bonds. The number of nitrogens with zero attached hydrogens (tertiary/aromatic N) is 3. The quantitative estimate of drug-likeness (QED) is 0.778. The van der Waals surface area contributed by atoms with Crippen LogP contribution in [0, 0.1) is 12.8 Å². The molecule has 1 unspecified atom stereocenters. The molecule has 0 spiro atoms. The molecule has 0 aliphatic carbocycles. The lowest BCUT2D eigenvalue weighted by Gasteiger charge is -2.32.